The van der Waals surface area contributed by atoms with E-state index in [1.54, 1.807) is 14.2 Å². The van der Waals surface area contributed by atoms with Crippen molar-refractivity contribution in [1.29, 1.82) is 0 Å². The molecule has 1 atom stereocenters. The summed E-state index contributed by atoms with van der Waals surface area (Å²) in [5, 5.41) is 0. The number of rotatable bonds is 7. The van der Waals surface area contributed by atoms with Gasteiger partial charge in [0.05, 0.1) is 5.54 Å². The Morgan fingerprint density at radius 1 is 1.28 bits per heavy atom. The van der Waals surface area contributed by atoms with Gasteiger partial charge in [-0.2, -0.15) is 0 Å². The van der Waals surface area contributed by atoms with Gasteiger partial charge in [0.15, 0.2) is 6.29 Å². The van der Waals surface area contributed by atoms with Gasteiger partial charge in [-0.25, -0.2) is 0 Å². The lowest BCUT2D eigenvalue weighted by molar-refractivity contribution is -0.185. The minimum atomic E-state index is -0.259. The van der Waals surface area contributed by atoms with Crippen molar-refractivity contribution < 1.29 is 9.47 Å². The van der Waals surface area contributed by atoms with Crippen molar-refractivity contribution in [3.05, 3.63) is 0 Å². The van der Waals surface area contributed by atoms with Gasteiger partial charge in [-0.15, -0.1) is 0 Å². The third kappa shape index (κ3) is 3.44. The highest BCUT2D eigenvalue weighted by Gasteiger charge is 2.40. The molecular weight excluding hydrogens is 228 g/mol. The summed E-state index contributed by atoms with van der Waals surface area (Å²) in [6.45, 7) is 7.16. The van der Waals surface area contributed by atoms with Crippen LogP contribution in [-0.2, 0) is 9.47 Å². The van der Waals surface area contributed by atoms with Gasteiger partial charge in [0, 0.05) is 20.8 Å². The predicted molar refractivity (Wildman–Crippen MR) is 74.5 cm³/mol. The van der Waals surface area contributed by atoms with Crippen molar-refractivity contribution in [1.82, 2.24) is 4.90 Å². The van der Waals surface area contributed by atoms with Crippen LogP contribution in [0.15, 0.2) is 0 Å². The fourth-order valence-electron chi connectivity index (χ4n) is 3.12. The first-order valence-corrected chi connectivity index (χ1v) is 7.13. The maximum Gasteiger partial charge on any atom is 0.176 e. The Bertz CT molecular complexity index is 226. The summed E-state index contributed by atoms with van der Waals surface area (Å²) in [5.41, 5.74) is 5.76. The zero-order valence-electron chi connectivity index (χ0n) is 12.4. The Kier molecular flexibility index (Phi) is 6.57. The molecule has 4 nitrogen and oxygen atoms in total. The van der Waals surface area contributed by atoms with Crippen LogP contribution >= 0.6 is 0 Å². The average molecular weight is 258 g/mol. The van der Waals surface area contributed by atoms with Gasteiger partial charge in [-0.1, -0.05) is 19.8 Å². The molecule has 1 fully saturated rings. The number of hydrogen-bond donors (Lipinski definition) is 1. The van der Waals surface area contributed by atoms with Crippen LogP contribution in [0.1, 0.15) is 39.5 Å². The highest BCUT2D eigenvalue weighted by atomic mass is 16.7. The second kappa shape index (κ2) is 7.43. The van der Waals surface area contributed by atoms with Crippen LogP contribution in [0.4, 0.5) is 0 Å². The van der Waals surface area contributed by atoms with Crippen molar-refractivity contribution >= 4 is 0 Å². The summed E-state index contributed by atoms with van der Waals surface area (Å²) >= 11 is 0. The Labute approximate surface area is 112 Å². The zero-order chi connectivity index (χ0) is 13.6. The number of ether oxygens (including phenoxy) is 2. The first-order valence-electron chi connectivity index (χ1n) is 7.13. The molecule has 1 aliphatic heterocycles. The maximum absolute atomic E-state index is 5.98. The molecule has 1 heterocycles. The molecular formula is C14H30N2O2. The summed E-state index contributed by atoms with van der Waals surface area (Å²) in [5.74, 6) is 0.886. The van der Waals surface area contributed by atoms with E-state index >= 15 is 0 Å². The van der Waals surface area contributed by atoms with Crippen molar-refractivity contribution in [3.8, 4) is 0 Å². The third-order valence-electron chi connectivity index (χ3n) is 4.38. The summed E-state index contributed by atoms with van der Waals surface area (Å²) in [6.07, 6.45) is 4.92. The smallest absolute Gasteiger partial charge is 0.176 e. The normalized spacial score (nSPS) is 22.3. The molecule has 0 spiro atoms. The van der Waals surface area contributed by atoms with Gasteiger partial charge in [0.1, 0.15) is 0 Å². The van der Waals surface area contributed by atoms with E-state index in [1.165, 1.54) is 25.7 Å². The van der Waals surface area contributed by atoms with Crippen molar-refractivity contribution in [2.75, 3.05) is 33.9 Å². The van der Waals surface area contributed by atoms with Crippen LogP contribution in [0.25, 0.3) is 0 Å². The number of piperidine rings is 1. The molecule has 0 aromatic heterocycles. The molecule has 1 saturated heterocycles. The molecule has 4 heteroatoms. The van der Waals surface area contributed by atoms with Crippen LogP contribution in [0.3, 0.4) is 0 Å². The first-order chi connectivity index (χ1) is 8.62. The molecule has 1 rings (SSSR count). The number of hydrogen-bond acceptors (Lipinski definition) is 4. The lowest BCUT2D eigenvalue weighted by Gasteiger charge is -2.47. The van der Waals surface area contributed by atoms with Gasteiger partial charge in [0.25, 0.3) is 0 Å². The SMILES string of the molecule is CCCC1CCN(C(C)(CN)C(OC)OC)CC1. The molecule has 108 valence electrons. The van der Waals surface area contributed by atoms with E-state index in [0.29, 0.717) is 6.54 Å². The van der Waals surface area contributed by atoms with E-state index in [4.69, 9.17) is 15.2 Å². The highest BCUT2D eigenvalue weighted by molar-refractivity contribution is 4.93. The van der Waals surface area contributed by atoms with Gasteiger partial charge in [-0.3, -0.25) is 4.90 Å². The highest BCUT2D eigenvalue weighted by Crippen LogP contribution is 2.29. The Balaban J connectivity index is 2.62. The van der Waals surface area contributed by atoms with E-state index in [0.717, 1.165) is 19.0 Å². The molecule has 0 amide bonds. The van der Waals surface area contributed by atoms with E-state index in [1.807, 2.05) is 0 Å². The standard InChI is InChI=1S/C14H30N2O2/c1-5-6-12-7-9-16(10-8-12)14(2,11-15)13(17-3)18-4/h12-13H,5-11,15H2,1-4H3. The molecule has 0 aromatic carbocycles. The fourth-order valence-corrected chi connectivity index (χ4v) is 3.12. The molecule has 18 heavy (non-hydrogen) atoms. The molecule has 1 unspecified atom stereocenters. The number of methoxy groups -OCH3 is 2. The topological polar surface area (TPSA) is 47.7 Å². The Morgan fingerprint density at radius 2 is 1.83 bits per heavy atom. The van der Waals surface area contributed by atoms with E-state index in [-0.39, 0.29) is 11.8 Å². The molecule has 1 aliphatic rings. The minimum absolute atomic E-state index is 0.222. The second-order valence-electron chi connectivity index (χ2n) is 5.58. The van der Waals surface area contributed by atoms with Crippen molar-refractivity contribution in [2.24, 2.45) is 11.7 Å². The summed E-state index contributed by atoms with van der Waals surface area (Å²) in [4.78, 5) is 2.44. The summed E-state index contributed by atoms with van der Waals surface area (Å²) in [7, 11) is 3.37. The Morgan fingerprint density at radius 3 is 2.22 bits per heavy atom. The monoisotopic (exact) mass is 258 g/mol. The largest absolute Gasteiger partial charge is 0.354 e. The zero-order valence-corrected chi connectivity index (χ0v) is 12.4. The molecule has 2 N–H and O–H groups in total. The van der Waals surface area contributed by atoms with Crippen molar-refractivity contribution in [2.45, 2.75) is 51.4 Å². The number of nitrogens with zero attached hydrogens (tertiary/aromatic N) is 1. The van der Waals surface area contributed by atoms with Gasteiger partial charge in [-0.05, 0) is 38.8 Å². The van der Waals surface area contributed by atoms with Crippen molar-refractivity contribution in [3.63, 3.8) is 0 Å². The second-order valence-corrected chi connectivity index (χ2v) is 5.58. The molecule has 0 aliphatic carbocycles. The molecule has 0 saturated carbocycles. The van der Waals surface area contributed by atoms with E-state index < -0.39 is 0 Å². The number of nitrogens with two attached hydrogens (primary N) is 1. The molecule has 0 aromatic rings. The Hall–Kier alpha value is -0.160. The maximum atomic E-state index is 5.98. The first kappa shape index (κ1) is 15.9. The van der Waals surface area contributed by atoms with Crippen LogP contribution < -0.4 is 5.73 Å². The predicted octanol–water partition coefficient (Wildman–Crippen LogP) is 1.83. The van der Waals surface area contributed by atoms with Crippen LogP contribution in [-0.4, -0.2) is 50.6 Å². The van der Waals surface area contributed by atoms with Crippen LogP contribution in [0, 0.1) is 5.92 Å². The van der Waals surface area contributed by atoms with Crippen LogP contribution in [0.2, 0.25) is 0 Å². The van der Waals surface area contributed by atoms with Crippen LogP contribution in [0.5, 0.6) is 0 Å². The van der Waals surface area contributed by atoms with E-state index in [9.17, 15) is 0 Å². The lowest BCUT2D eigenvalue weighted by atomic mass is 9.88. The minimum Gasteiger partial charge on any atom is -0.354 e. The van der Waals surface area contributed by atoms with E-state index in [2.05, 4.69) is 18.7 Å². The lowest BCUT2D eigenvalue weighted by Crippen LogP contribution is -2.62. The summed E-state index contributed by atoms with van der Waals surface area (Å²) in [6, 6.07) is 0. The molecule has 0 bridgehead atoms. The quantitative estimate of drug-likeness (QED) is 0.708. The van der Waals surface area contributed by atoms with Gasteiger partial charge >= 0.3 is 0 Å². The van der Waals surface area contributed by atoms with Gasteiger partial charge < -0.3 is 15.2 Å². The summed E-state index contributed by atoms with van der Waals surface area (Å²) < 4.78 is 10.9. The van der Waals surface area contributed by atoms with Gasteiger partial charge in [0.2, 0.25) is 0 Å². The third-order valence-corrected chi connectivity index (χ3v) is 4.38. The number of likely N-dealkylation sites (tertiary alicyclic amines) is 1. The average Bonchev–Trinajstić information content (AvgIpc) is 2.41. The molecule has 0 radical (unpaired) electrons. The fraction of sp³-hybridized carbons (Fsp3) is 1.00.